The van der Waals surface area contributed by atoms with E-state index < -0.39 is 28.1 Å². The quantitative estimate of drug-likeness (QED) is 0.554. The van der Waals surface area contributed by atoms with E-state index in [9.17, 15) is 18.0 Å². The third kappa shape index (κ3) is 4.22. The molecule has 1 fully saturated rings. The number of benzene rings is 2. The number of carbonyl (C=O) groups is 2. The van der Waals surface area contributed by atoms with Crippen LogP contribution in [-0.4, -0.2) is 51.7 Å². The van der Waals surface area contributed by atoms with Crippen LogP contribution in [0.5, 0.6) is 0 Å². The first-order valence-corrected chi connectivity index (χ1v) is 9.84. The van der Waals surface area contributed by atoms with E-state index in [1.807, 2.05) is 6.92 Å². The molecule has 0 saturated carbocycles. The predicted octanol–water partition coefficient (Wildman–Crippen LogP) is 1.94. The lowest BCUT2D eigenvalue weighted by atomic mass is 10.1. The first-order valence-electron chi connectivity index (χ1n) is 8.44. The number of hydrogen-bond acceptors (Lipinski definition) is 7. The Morgan fingerprint density at radius 2 is 1.71 bits per heavy atom. The van der Waals surface area contributed by atoms with E-state index in [0.717, 1.165) is 10.6 Å². The van der Waals surface area contributed by atoms with Gasteiger partial charge in [-0.3, -0.25) is 13.8 Å². The number of carbonyl (C=O) groups excluding carboxylic acids is 2. The topological polar surface area (TPSA) is 99.2 Å². The summed E-state index contributed by atoms with van der Waals surface area (Å²) in [5, 5.41) is 0.983. The molecule has 0 aliphatic carbocycles. The number of esters is 1. The molecule has 2 aromatic rings. The van der Waals surface area contributed by atoms with Gasteiger partial charge in [0.05, 0.1) is 29.7 Å². The fourth-order valence-electron chi connectivity index (χ4n) is 2.69. The van der Waals surface area contributed by atoms with Crippen LogP contribution >= 0.6 is 0 Å². The van der Waals surface area contributed by atoms with Gasteiger partial charge in [0.1, 0.15) is 12.7 Å². The van der Waals surface area contributed by atoms with Crippen LogP contribution in [0.4, 0.5) is 0 Å². The minimum Gasteiger partial charge on any atom is -0.465 e. The molecule has 0 aromatic heterocycles. The van der Waals surface area contributed by atoms with Crippen molar-refractivity contribution in [1.82, 2.24) is 5.06 Å². The lowest BCUT2D eigenvalue weighted by molar-refractivity contribution is -0.0778. The van der Waals surface area contributed by atoms with Gasteiger partial charge in [-0.25, -0.2) is 9.86 Å². The van der Waals surface area contributed by atoms with E-state index >= 15 is 0 Å². The van der Waals surface area contributed by atoms with Crippen LogP contribution in [-0.2, 0) is 23.9 Å². The number of amides is 1. The third-order valence-corrected chi connectivity index (χ3v) is 5.52. The molecule has 3 rings (SSSR count). The predicted molar refractivity (Wildman–Crippen MR) is 98.0 cm³/mol. The molecule has 1 saturated heterocycles. The molecular weight excluding hydrogens is 386 g/mol. The molecule has 0 bridgehead atoms. The van der Waals surface area contributed by atoms with Crippen molar-refractivity contribution in [2.75, 3.05) is 20.3 Å². The molecule has 148 valence electrons. The second kappa shape index (κ2) is 8.09. The van der Waals surface area contributed by atoms with Crippen LogP contribution in [0.15, 0.2) is 53.4 Å². The summed E-state index contributed by atoms with van der Waals surface area (Å²) >= 11 is 0. The molecule has 1 unspecified atom stereocenters. The third-order valence-electron chi connectivity index (χ3n) is 4.15. The highest BCUT2D eigenvalue weighted by molar-refractivity contribution is 7.86. The van der Waals surface area contributed by atoms with Crippen molar-refractivity contribution >= 4 is 22.0 Å². The van der Waals surface area contributed by atoms with Crippen molar-refractivity contribution in [3.63, 3.8) is 0 Å². The van der Waals surface area contributed by atoms with Gasteiger partial charge in [-0.2, -0.15) is 8.42 Å². The van der Waals surface area contributed by atoms with Gasteiger partial charge in [0.2, 0.25) is 0 Å². The standard InChI is InChI=1S/C19H19NO7S/c1-13-7-9-15(10-8-13)28(23,24)27-14-11-20(26-12-14)18(21)16-5-3-4-6-17(16)19(22)25-2/h3-10,14H,11-12H2,1-2H3. The van der Waals surface area contributed by atoms with Gasteiger partial charge in [0.25, 0.3) is 16.0 Å². The number of hydrogen-bond donors (Lipinski definition) is 0. The summed E-state index contributed by atoms with van der Waals surface area (Å²) in [5.41, 5.74) is 1.11. The van der Waals surface area contributed by atoms with Gasteiger partial charge in [-0.15, -0.1) is 0 Å². The van der Waals surface area contributed by atoms with E-state index in [4.69, 9.17) is 9.02 Å². The molecule has 0 radical (unpaired) electrons. The fraction of sp³-hybridized carbons (Fsp3) is 0.263. The summed E-state index contributed by atoms with van der Waals surface area (Å²) in [5.74, 6) is -1.24. The summed E-state index contributed by atoms with van der Waals surface area (Å²) in [4.78, 5) is 29.9. The second-order valence-electron chi connectivity index (χ2n) is 6.18. The SMILES string of the molecule is COC(=O)c1ccccc1C(=O)N1CC(OS(=O)(=O)c2ccc(C)cc2)CO1. The lowest BCUT2D eigenvalue weighted by Crippen LogP contribution is -2.31. The molecule has 1 heterocycles. The van der Waals surface area contributed by atoms with Gasteiger partial charge in [-0.1, -0.05) is 29.8 Å². The normalized spacial score (nSPS) is 16.8. The van der Waals surface area contributed by atoms with Crippen LogP contribution in [0, 0.1) is 6.92 Å². The Labute approximate surface area is 162 Å². The van der Waals surface area contributed by atoms with Crippen LogP contribution in [0.25, 0.3) is 0 Å². The minimum absolute atomic E-state index is 0.0268. The van der Waals surface area contributed by atoms with Gasteiger partial charge in [0, 0.05) is 0 Å². The maximum Gasteiger partial charge on any atom is 0.338 e. The van der Waals surface area contributed by atoms with Crippen LogP contribution in [0.3, 0.4) is 0 Å². The second-order valence-corrected chi connectivity index (χ2v) is 7.76. The average Bonchev–Trinajstić information content (AvgIpc) is 3.15. The first-order chi connectivity index (χ1) is 13.3. The highest BCUT2D eigenvalue weighted by atomic mass is 32.2. The molecule has 9 heteroatoms. The molecule has 0 N–H and O–H groups in total. The molecular formula is C19H19NO7S. The van der Waals surface area contributed by atoms with Crippen molar-refractivity contribution in [3.8, 4) is 0 Å². The molecule has 1 aliphatic heterocycles. The van der Waals surface area contributed by atoms with Crippen LogP contribution in [0.2, 0.25) is 0 Å². The molecule has 1 aliphatic rings. The number of methoxy groups -OCH3 is 1. The van der Waals surface area contributed by atoms with E-state index in [-0.39, 0.29) is 29.2 Å². The lowest BCUT2D eigenvalue weighted by Gasteiger charge is -2.16. The maximum absolute atomic E-state index is 12.7. The largest absolute Gasteiger partial charge is 0.465 e. The molecule has 1 amide bonds. The number of aryl methyl sites for hydroxylation is 1. The van der Waals surface area contributed by atoms with Crippen LogP contribution < -0.4 is 0 Å². The van der Waals surface area contributed by atoms with Gasteiger partial charge < -0.3 is 4.74 Å². The highest BCUT2D eigenvalue weighted by Gasteiger charge is 2.34. The van der Waals surface area contributed by atoms with Gasteiger partial charge in [0.15, 0.2) is 0 Å². The molecule has 0 spiro atoms. The van der Waals surface area contributed by atoms with E-state index in [2.05, 4.69) is 4.74 Å². The minimum atomic E-state index is -3.99. The van der Waals surface area contributed by atoms with Crippen molar-refractivity contribution in [1.29, 1.82) is 0 Å². The zero-order valence-electron chi connectivity index (χ0n) is 15.3. The van der Waals surface area contributed by atoms with Crippen LogP contribution in [0.1, 0.15) is 26.3 Å². The Morgan fingerprint density at radius 1 is 1.07 bits per heavy atom. The summed E-state index contributed by atoms with van der Waals surface area (Å²) < 4.78 is 34.7. The Hall–Kier alpha value is -2.75. The first kappa shape index (κ1) is 20.0. The Morgan fingerprint density at radius 3 is 2.36 bits per heavy atom. The zero-order valence-corrected chi connectivity index (χ0v) is 16.1. The maximum atomic E-state index is 12.7. The van der Waals surface area contributed by atoms with E-state index in [0.29, 0.717) is 0 Å². The average molecular weight is 405 g/mol. The summed E-state index contributed by atoms with van der Waals surface area (Å²) in [7, 11) is -2.77. The molecule has 8 nitrogen and oxygen atoms in total. The summed E-state index contributed by atoms with van der Waals surface area (Å²) in [6, 6.07) is 12.4. The molecule has 28 heavy (non-hydrogen) atoms. The van der Waals surface area contributed by atoms with E-state index in [1.165, 1.54) is 31.4 Å². The monoisotopic (exact) mass is 405 g/mol. The Balaban J connectivity index is 1.71. The summed E-state index contributed by atoms with van der Waals surface area (Å²) in [6.45, 7) is 1.63. The smallest absolute Gasteiger partial charge is 0.338 e. The fourth-order valence-corrected chi connectivity index (χ4v) is 3.75. The van der Waals surface area contributed by atoms with Gasteiger partial charge >= 0.3 is 5.97 Å². The Bertz CT molecular complexity index is 986. The number of ether oxygens (including phenoxy) is 1. The van der Waals surface area contributed by atoms with Crippen molar-refractivity contribution < 1.29 is 31.8 Å². The van der Waals surface area contributed by atoms with Gasteiger partial charge in [-0.05, 0) is 31.2 Å². The van der Waals surface area contributed by atoms with Crippen molar-refractivity contribution in [2.24, 2.45) is 0 Å². The molecule has 1 atom stereocenters. The van der Waals surface area contributed by atoms with Crippen molar-refractivity contribution in [3.05, 3.63) is 65.2 Å². The number of nitrogens with zero attached hydrogens (tertiary/aromatic N) is 1. The number of hydroxylamine groups is 2. The molecule has 2 aromatic carbocycles. The number of rotatable bonds is 5. The highest BCUT2D eigenvalue weighted by Crippen LogP contribution is 2.21. The zero-order chi connectivity index (χ0) is 20.3. The van der Waals surface area contributed by atoms with E-state index in [1.54, 1.807) is 24.3 Å². The Kier molecular flexibility index (Phi) is 5.78. The van der Waals surface area contributed by atoms with Crippen molar-refractivity contribution in [2.45, 2.75) is 17.9 Å². The summed E-state index contributed by atoms with van der Waals surface area (Å²) in [6.07, 6.45) is -0.861.